The lowest BCUT2D eigenvalue weighted by molar-refractivity contribution is -0.136. The van der Waals surface area contributed by atoms with Crippen LogP contribution in [-0.2, 0) is 11.2 Å². The lowest BCUT2D eigenvalue weighted by Gasteiger charge is -2.61. The van der Waals surface area contributed by atoms with Crippen molar-refractivity contribution in [2.75, 3.05) is 0 Å². The number of benzene rings is 1. The van der Waals surface area contributed by atoms with Gasteiger partial charge in [0.2, 0.25) is 0 Å². The highest BCUT2D eigenvalue weighted by molar-refractivity contribution is 5.84. The van der Waals surface area contributed by atoms with Gasteiger partial charge in [0, 0.05) is 12.3 Å². The molecule has 1 nitrogen and oxygen atoms in total. The maximum absolute atomic E-state index is 14.2. The average Bonchev–Trinajstić information content (AvgIpc) is 3.14. The van der Waals surface area contributed by atoms with Crippen LogP contribution in [0.2, 0.25) is 0 Å². The minimum atomic E-state index is -0.230. The van der Waals surface area contributed by atoms with E-state index in [1.807, 2.05) is 19.9 Å². The van der Waals surface area contributed by atoms with E-state index in [2.05, 4.69) is 20.8 Å². The van der Waals surface area contributed by atoms with Gasteiger partial charge in [-0.25, -0.2) is 4.39 Å². The Bertz CT molecular complexity index is 817. The molecule has 0 N–H and O–H groups in total. The lowest BCUT2D eigenvalue weighted by Crippen LogP contribution is -2.53. The second-order valence-electron chi connectivity index (χ2n) is 11.9. The van der Waals surface area contributed by atoms with Crippen molar-refractivity contribution in [3.63, 3.8) is 0 Å². The quantitative estimate of drug-likeness (QED) is 0.462. The number of ketones is 1. The third-order valence-electron chi connectivity index (χ3n) is 10.6. The minimum Gasteiger partial charge on any atom is -0.299 e. The predicted molar refractivity (Wildman–Crippen MR) is 131 cm³/mol. The molecule has 4 fully saturated rings. The molecule has 4 aliphatic carbocycles. The van der Waals surface area contributed by atoms with Crippen LogP contribution in [0.1, 0.15) is 98.0 Å². The van der Waals surface area contributed by atoms with Crippen LogP contribution in [0.3, 0.4) is 0 Å². The summed E-state index contributed by atoms with van der Waals surface area (Å²) in [5.41, 5.74) is 1.24. The molecule has 2 heteroatoms. The standard InChI is InChI=1S/C28H39FO.C2H6/c1-18-12-14-27(2)20(16-18)8-9-21-22-10-11-24(28(22,3)15-13-23(21)27)26(30)17-19-6-4-5-7-25(19)29;1-2/h4-7,18,20-24H,8-17H2,1-3H3;1-2H3/t18?,20?,21?,22?,23?,24-,27?,28?;/m1./s1. The highest BCUT2D eigenvalue weighted by Crippen LogP contribution is 2.67. The summed E-state index contributed by atoms with van der Waals surface area (Å²) < 4.78 is 14.2. The average molecular weight is 441 g/mol. The summed E-state index contributed by atoms with van der Waals surface area (Å²) >= 11 is 0. The summed E-state index contributed by atoms with van der Waals surface area (Å²) in [5, 5.41) is 0. The number of hydrogen-bond acceptors (Lipinski definition) is 1. The van der Waals surface area contributed by atoms with Gasteiger partial charge in [0.25, 0.3) is 0 Å². The summed E-state index contributed by atoms with van der Waals surface area (Å²) in [7, 11) is 0. The van der Waals surface area contributed by atoms with Gasteiger partial charge in [-0.2, -0.15) is 0 Å². The summed E-state index contributed by atoms with van der Waals surface area (Å²) in [6.07, 6.45) is 12.1. The second-order valence-corrected chi connectivity index (χ2v) is 11.9. The van der Waals surface area contributed by atoms with Gasteiger partial charge < -0.3 is 0 Å². The predicted octanol–water partition coefficient (Wildman–Crippen LogP) is 8.26. The molecule has 0 aliphatic heterocycles. The number of fused-ring (bicyclic) bond motifs is 5. The fraction of sp³-hybridized carbons (Fsp3) is 0.767. The van der Waals surface area contributed by atoms with Gasteiger partial charge in [-0.3, -0.25) is 4.79 Å². The zero-order valence-corrected chi connectivity index (χ0v) is 21.1. The van der Waals surface area contributed by atoms with Crippen LogP contribution in [0, 0.1) is 52.2 Å². The van der Waals surface area contributed by atoms with E-state index in [0.717, 1.165) is 30.1 Å². The number of rotatable bonds is 3. The van der Waals surface area contributed by atoms with E-state index in [-0.39, 0.29) is 29.4 Å². The van der Waals surface area contributed by atoms with Crippen molar-refractivity contribution in [1.82, 2.24) is 0 Å². The van der Waals surface area contributed by atoms with Gasteiger partial charge in [0.1, 0.15) is 11.6 Å². The topological polar surface area (TPSA) is 17.1 Å². The Labute approximate surface area is 195 Å². The molecule has 8 atom stereocenters. The largest absolute Gasteiger partial charge is 0.299 e. The molecule has 4 saturated carbocycles. The molecule has 1 aromatic carbocycles. The van der Waals surface area contributed by atoms with E-state index in [1.54, 1.807) is 12.1 Å². The van der Waals surface area contributed by atoms with Gasteiger partial charge in [0.05, 0.1) is 0 Å². The molecule has 4 aliphatic rings. The van der Waals surface area contributed by atoms with Gasteiger partial charge in [0.15, 0.2) is 0 Å². The lowest BCUT2D eigenvalue weighted by atomic mass is 9.44. The summed E-state index contributed by atoms with van der Waals surface area (Å²) in [6.45, 7) is 11.5. The highest BCUT2D eigenvalue weighted by Gasteiger charge is 2.60. The fourth-order valence-corrected chi connectivity index (χ4v) is 8.95. The number of hydrogen-bond donors (Lipinski definition) is 0. The maximum atomic E-state index is 14.2. The Morgan fingerprint density at radius 1 is 0.938 bits per heavy atom. The smallest absolute Gasteiger partial charge is 0.140 e. The first-order valence-corrected chi connectivity index (χ1v) is 13.6. The molecule has 0 bridgehead atoms. The number of carbonyl (C=O) groups is 1. The fourth-order valence-electron chi connectivity index (χ4n) is 8.95. The molecule has 1 aromatic rings. The first-order valence-electron chi connectivity index (χ1n) is 13.6. The molecule has 178 valence electrons. The van der Waals surface area contributed by atoms with E-state index in [9.17, 15) is 9.18 Å². The molecule has 0 amide bonds. The van der Waals surface area contributed by atoms with Crippen molar-refractivity contribution >= 4 is 5.78 Å². The number of halogens is 1. The van der Waals surface area contributed by atoms with Crippen molar-refractivity contribution in [1.29, 1.82) is 0 Å². The molecule has 32 heavy (non-hydrogen) atoms. The first-order chi connectivity index (χ1) is 15.3. The van der Waals surface area contributed by atoms with E-state index in [0.29, 0.717) is 16.9 Å². The van der Waals surface area contributed by atoms with Gasteiger partial charge in [-0.1, -0.05) is 59.2 Å². The Morgan fingerprint density at radius 2 is 1.62 bits per heavy atom. The first kappa shape index (κ1) is 24.0. The van der Waals surface area contributed by atoms with Crippen LogP contribution >= 0.6 is 0 Å². The molecule has 0 radical (unpaired) electrons. The Balaban J connectivity index is 0.00000119. The summed E-state index contributed by atoms with van der Waals surface area (Å²) in [4.78, 5) is 13.3. The molecule has 0 spiro atoms. The van der Waals surface area contributed by atoms with Crippen LogP contribution in [-0.4, -0.2) is 5.78 Å². The molecule has 0 aromatic heterocycles. The van der Waals surface area contributed by atoms with Crippen LogP contribution in [0.15, 0.2) is 24.3 Å². The van der Waals surface area contributed by atoms with E-state index in [1.165, 1.54) is 57.4 Å². The van der Waals surface area contributed by atoms with Crippen LogP contribution in [0.4, 0.5) is 4.39 Å². The Kier molecular flexibility index (Phi) is 6.91. The van der Waals surface area contributed by atoms with Gasteiger partial charge >= 0.3 is 0 Å². The van der Waals surface area contributed by atoms with Crippen molar-refractivity contribution in [3.05, 3.63) is 35.6 Å². The molecule has 0 saturated heterocycles. The second kappa shape index (κ2) is 9.22. The third kappa shape index (κ3) is 3.88. The number of carbonyl (C=O) groups excluding carboxylic acids is 1. The monoisotopic (exact) mass is 440 g/mol. The van der Waals surface area contributed by atoms with E-state index in [4.69, 9.17) is 0 Å². The number of Topliss-reactive ketones (excluding diaryl/α,β-unsaturated/α-hetero) is 1. The zero-order valence-electron chi connectivity index (χ0n) is 21.1. The van der Waals surface area contributed by atoms with E-state index >= 15 is 0 Å². The van der Waals surface area contributed by atoms with Gasteiger partial charge in [-0.15, -0.1) is 0 Å². The van der Waals surface area contributed by atoms with Crippen LogP contribution < -0.4 is 0 Å². The van der Waals surface area contributed by atoms with Crippen molar-refractivity contribution < 1.29 is 9.18 Å². The molecule has 7 unspecified atom stereocenters. The maximum Gasteiger partial charge on any atom is 0.140 e. The highest BCUT2D eigenvalue weighted by atomic mass is 19.1. The molecular formula is C30H45FO. The molecule has 5 rings (SSSR count). The van der Waals surface area contributed by atoms with E-state index < -0.39 is 0 Å². The normalized spacial score (nSPS) is 42.7. The third-order valence-corrected chi connectivity index (χ3v) is 10.6. The summed E-state index contributed by atoms with van der Waals surface area (Å²) in [5.74, 6) is 4.38. The van der Waals surface area contributed by atoms with Crippen LogP contribution in [0.25, 0.3) is 0 Å². The van der Waals surface area contributed by atoms with Crippen molar-refractivity contribution in [3.8, 4) is 0 Å². The van der Waals surface area contributed by atoms with Crippen molar-refractivity contribution in [2.24, 2.45) is 46.3 Å². The van der Waals surface area contributed by atoms with Gasteiger partial charge in [-0.05, 0) is 103 Å². The zero-order chi connectivity index (χ0) is 23.1. The van der Waals surface area contributed by atoms with Crippen molar-refractivity contribution in [2.45, 2.75) is 98.8 Å². The SMILES string of the molecule is CC.CC1CCC2(C)C(CCC3C2CCC2(C)C3CC[C@@H]2C(=O)Cc2ccccc2F)C1. The summed E-state index contributed by atoms with van der Waals surface area (Å²) in [6, 6.07) is 6.82. The molecule has 0 heterocycles. The van der Waals surface area contributed by atoms with Crippen LogP contribution in [0.5, 0.6) is 0 Å². The Morgan fingerprint density at radius 3 is 2.38 bits per heavy atom. The minimum absolute atomic E-state index is 0.125. The Hall–Kier alpha value is -1.18. The molecular weight excluding hydrogens is 395 g/mol.